The first-order valence-electron chi connectivity index (χ1n) is 21.8. The fourth-order valence-electron chi connectivity index (χ4n) is 6.70. The molecular weight excluding hydrogens is 660 g/mol. The predicted octanol–water partition coefficient (Wildman–Crippen LogP) is 9.25. The van der Waals surface area contributed by atoms with Crippen molar-refractivity contribution in [3.63, 3.8) is 0 Å². The van der Waals surface area contributed by atoms with Gasteiger partial charge in [-0.1, -0.05) is 161 Å². The van der Waals surface area contributed by atoms with Crippen LogP contribution >= 0.6 is 0 Å². The number of aliphatic hydroxyl groups excluding tert-OH is 4. The number of esters is 1. The molecule has 0 radical (unpaired) electrons. The summed E-state index contributed by atoms with van der Waals surface area (Å²) in [7, 11) is 0. The summed E-state index contributed by atoms with van der Waals surface area (Å²) >= 11 is 0. The van der Waals surface area contributed by atoms with Gasteiger partial charge >= 0.3 is 5.97 Å². The molecule has 0 aliphatic carbocycles. The van der Waals surface area contributed by atoms with Crippen LogP contribution in [0.5, 0.6) is 0 Å². The highest BCUT2D eigenvalue weighted by molar-refractivity contribution is 5.69. The van der Waals surface area contributed by atoms with E-state index in [1.54, 1.807) is 0 Å². The highest BCUT2D eigenvalue weighted by atomic mass is 16.7. The van der Waals surface area contributed by atoms with Gasteiger partial charge in [-0.25, -0.2) is 0 Å². The quantitative estimate of drug-likeness (QED) is 0.0279. The second-order valence-electron chi connectivity index (χ2n) is 15.1. The number of hydrogen-bond donors (Lipinski definition) is 4. The van der Waals surface area contributed by atoms with Gasteiger partial charge in [0, 0.05) is 13.0 Å². The molecule has 1 rings (SSSR count). The molecule has 1 fully saturated rings. The van der Waals surface area contributed by atoms with E-state index in [1.807, 2.05) is 0 Å². The van der Waals surface area contributed by atoms with Crippen molar-refractivity contribution in [1.82, 2.24) is 0 Å². The van der Waals surface area contributed by atoms with Crippen LogP contribution in [-0.4, -0.2) is 89.6 Å². The van der Waals surface area contributed by atoms with Crippen molar-refractivity contribution in [2.75, 3.05) is 26.4 Å². The summed E-state index contributed by atoms with van der Waals surface area (Å²) in [5.41, 5.74) is 0. The number of carbonyl (C=O) groups is 1. The Hall–Kier alpha value is -1.07. The molecule has 1 unspecified atom stereocenters. The second-order valence-corrected chi connectivity index (χ2v) is 15.1. The second kappa shape index (κ2) is 35.6. The first kappa shape index (κ1) is 48.9. The van der Waals surface area contributed by atoms with Gasteiger partial charge in [-0.3, -0.25) is 4.79 Å². The molecule has 0 spiro atoms. The molecule has 0 aromatic rings. The molecular formula is C43H82O9. The lowest BCUT2D eigenvalue weighted by Crippen LogP contribution is -2.59. The zero-order valence-electron chi connectivity index (χ0n) is 33.6. The molecule has 4 N–H and O–H groups in total. The Labute approximate surface area is 318 Å². The summed E-state index contributed by atoms with van der Waals surface area (Å²) in [6.45, 7) is 4.44. The van der Waals surface area contributed by atoms with Crippen LogP contribution in [0.4, 0.5) is 0 Å². The number of rotatable bonds is 37. The molecule has 9 nitrogen and oxygen atoms in total. The van der Waals surface area contributed by atoms with E-state index in [0.717, 1.165) is 44.9 Å². The summed E-state index contributed by atoms with van der Waals surface area (Å²) < 4.78 is 22.8. The molecule has 52 heavy (non-hydrogen) atoms. The van der Waals surface area contributed by atoms with Crippen molar-refractivity contribution in [3.8, 4) is 0 Å². The summed E-state index contributed by atoms with van der Waals surface area (Å²) in [5.74, 6) is -0.262. The third-order valence-electron chi connectivity index (χ3n) is 10.2. The molecule has 9 heteroatoms. The smallest absolute Gasteiger partial charge is 0.305 e. The lowest BCUT2D eigenvalue weighted by atomic mass is 9.99. The number of unbranched alkanes of at least 4 members (excludes halogenated alkanes) is 24. The Bertz CT molecular complexity index is 807. The zero-order chi connectivity index (χ0) is 37.9. The Morgan fingerprint density at radius 1 is 0.596 bits per heavy atom. The van der Waals surface area contributed by atoms with Crippen LogP contribution < -0.4 is 0 Å². The van der Waals surface area contributed by atoms with E-state index < -0.39 is 43.4 Å². The fraction of sp³-hybridized carbons (Fsp3) is 0.930. The molecule has 0 saturated carbocycles. The minimum Gasteiger partial charge on any atom is -0.463 e. The van der Waals surface area contributed by atoms with Crippen LogP contribution in [-0.2, 0) is 23.7 Å². The van der Waals surface area contributed by atoms with Crippen LogP contribution in [0.15, 0.2) is 12.2 Å². The van der Waals surface area contributed by atoms with Gasteiger partial charge in [0.2, 0.25) is 0 Å². The van der Waals surface area contributed by atoms with Crippen molar-refractivity contribution in [2.24, 2.45) is 0 Å². The van der Waals surface area contributed by atoms with Crippen molar-refractivity contribution >= 4 is 5.97 Å². The van der Waals surface area contributed by atoms with E-state index >= 15 is 0 Å². The SMILES string of the molecule is CCCCCCCCC=CCCCCCCCCO[C@H](COC(=O)CCCCCCCCCCCCCCC)COC1O[C@H](CO)[C@H](O)[C@H](O)[C@H]1O. The van der Waals surface area contributed by atoms with Crippen LogP contribution in [0, 0.1) is 0 Å². The molecule has 6 atom stereocenters. The van der Waals surface area contributed by atoms with E-state index in [-0.39, 0.29) is 19.2 Å². The number of allylic oxidation sites excluding steroid dienone is 2. The van der Waals surface area contributed by atoms with Gasteiger partial charge in [0.15, 0.2) is 6.29 Å². The van der Waals surface area contributed by atoms with E-state index in [1.165, 1.54) is 128 Å². The maximum Gasteiger partial charge on any atom is 0.305 e. The molecule has 308 valence electrons. The minimum absolute atomic E-state index is 0.0150. The monoisotopic (exact) mass is 743 g/mol. The van der Waals surface area contributed by atoms with Crippen molar-refractivity contribution in [2.45, 2.75) is 230 Å². The summed E-state index contributed by atoms with van der Waals surface area (Å²) in [4.78, 5) is 12.5. The molecule has 1 aliphatic rings. The first-order chi connectivity index (χ1) is 25.4. The molecule has 1 heterocycles. The average Bonchev–Trinajstić information content (AvgIpc) is 3.15. The van der Waals surface area contributed by atoms with Crippen molar-refractivity contribution in [1.29, 1.82) is 0 Å². The van der Waals surface area contributed by atoms with Gasteiger partial charge < -0.3 is 39.4 Å². The Balaban J connectivity index is 2.28. The highest BCUT2D eigenvalue weighted by Gasteiger charge is 2.44. The van der Waals surface area contributed by atoms with E-state index in [4.69, 9.17) is 18.9 Å². The topological polar surface area (TPSA) is 135 Å². The maximum absolute atomic E-state index is 12.5. The van der Waals surface area contributed by atoms with Crippen LogP contribution in [0.2, 0.25) is 0 Å². The van der Waals surface area contributed by atoms with E-state index in [0.29, 0.717) is 13.0 Å². The maximum atomic E-state index is 12.5. The largest absolute Gasteiger partial charge is 0.463 e. The third-order valence-corrected chi connectivity index (χ3v) is 10.2. The van der Waals surface area contributed by atoms with Crippen LogP contribution in [0.1, 0.15) is 194 Å². The fourth-order valence-corrected chi connectivity index (χ4v) is 6.70. The third kappa shape index (κ3) is 26.7. The van der Waals surface area contributed by atoms with Crippen molar-refractivity contribution < 1.29 is 44.2 Å². The average molecular weight is 743 g/mol. The number of hydrogen-bond acceptors (Lipinski definition) is 9. The molecule has 0 bridgehead atoms. The Kier molecular flexibility index (Phi) is 33.5. The summed E-state index contributed by atoms with van der Waals surface area (Å²) in [6, 6.07) is 0. The van der Waals surface area contributed by atoms with Crippen LogP contribution in [0.3, 0.4) is 0 Å². The number of carbonyl (C=O) groups excluding carboxylic acids is 1. The lowest BCUT2D eigenvalue weighted by Gasteiger charge is -2.39. The van der Waals surface area contributed by atoms with Crippen molar-refractivity contribution in [3.05, 3.63) is 12.2 Å². The number of ether oxygens (including phenoxy) is 4. The van der Waals surface area contributed by atoms with Gasteiger partial charge in [-0.05, 0) is 38.5 Å². The van der Waals surface area contributed by atoms with E-state index in [2.05, 4.69) is 26.0 Å². The van der Waals surface area contributed by atoms with Gasteiger partial charge in [0.05, 0.1) is 13.2 Å². The lowest BCUT2D eigenvalue weighted by molar-refractivity contribution is -0.305. The van der Waals surface area contributed by atoms with Crippen LogP contribution in [0.25, 0.3) is 0 Å². The van der Waals surface area contributed by atoms with Gasteiger partial charge in [-0.2, -0.15) is 0 Å². The predicted molar refractivity (Wildman–Crippen MR) is 210 cm³/mol. The standard InChI is InChI=1S/C43H82O9/c1-3-5-7-9-11-13-15-17-18-19-21-23-25-27-29-31-33-49-37(36-51-43-42(48)41(47)40(46)38(34-44)52-43)35-50-39(45)32-30-28-26-24-22-20-16-14-12-10-8-6-4-2/h17-18,37-38,40-44,46-48H,3-16,19-36H2,1-2H3/t37-,38-,40+,41+,42-,43?/m1/s1. The number of aliphatic hydroxyl groups is 4. The molecule has 0 aromatic carbocycles. The first-order valence-corrected chi connectivity index (χ1v) is 21.8. The van der Waals surface area contributed by atoms with Gasteiger partial charge in [-0.15, -0.1) is 0 Å². The van der Waals surface area contributed by atoms with E-state index in [9.17, 15) is 25.2 Å². The molecule has 0 amide bonds. The zero-order valence-corrected chi connectivity index (χ0v) is 33.6. The molecule has 1 aliphatic heterocycles. The van der Waals surface area contributed by atoms with Gasteiger partial charge in [0.25, 0.3) is 0 Å². The Morgan fingerprint density at radius 3 is 1.56 bits per heavy atom. The summed E-state index contributed by atoms with van der Waals surface area (Å²) in [6.07, 6.45) is 31.1. The molecule has 0 aromatic heterocycles. The highest BCUT2D eigenvalue weighted by Crippen LogP contribution is 2.22. The summed E-state index contributed by atoms with van der Waals surface area (Å²) in [5, 5.41) is 40.0. The normalized spacial score (nSPS) is 21.2. The minimum atomic E-state index is -1.52. The Morgan fingerprint density at radius 2 is 1.06 bits per heavy atom. The molecule has 1 saturated heterocycles. The van der Waals surface area contributed by atoms with Gasteiger partial charge in [0.1, 0.15) is 37.1 Å².